The van der Waals surface area contributed by atoms with E-state index in [2.05, 4.69) is 44.7 Å². The molecule has 0 amide bonds. The zero-order chi connectivity index (χ0) is 9.68. The maximum Gasteiger partial charge on any atom is 0.00748 e. The smallest absolute Gasteiger partial charge is 0.00748 e. The molecule has 0 saturated heterocycles. The van der Waals surface area contributed by atoms with Gasteiger partial charge in [-0.05, 0) is 30.4 Å². The first-order valence-electron chi connectivity index (χ1n) is 4.46. The van der Waals surface area contributed by atoms with E-state index in [-0.39, 0.29) is 5.92 Å². The van der Waals surface area contributed by atoms with Crippen molar-refractivity contribution in [2.75, 3.05) is 5.75 Å². The van der Waals surface area contributed by atoms with Crippen molar-refractivity contribution in [1.29, 1.82) is 0 Å². The largest absolute Gasteiger partial charge is 0.126 e. The van der Waals surface area contributed by atoms with Gasteiger partial charge in [0.1, 0.15) is 0 Å². The second-order valence-electron chi connectivity index (χ2n) is 2.85. The SMILES string of the molecule is [CH2]C(C=C)c1cccc(SCC)c1. The van der Waals surface area contributed by atoms with E-state index in [1.807, 2.05) is 17.8 Å². The van der Waals surface area contributed by atoms with Crippen LogP contribution in [0.2, 0.25) is 0 Å². The zero-order valence-electron chi connectivity index (χ0n) is 7.99. The summed E-state index contributed by atoms with van der Waals surface area (Å²) in [5, 5.41) is 0. The first kappa shape index (κ1) is 10.4. The first-order valence-corrected chi connectivity index (χ1v) is 5.45. The fourth-order valence-corrected chi connectivity index (χ4v) is 1.87. The van der Waals surface area contributed by atoms with Gasteiger partial charge in [-0.15, -0.1) is 18.3 Å². The van der Waals surface area contributed by atoms with Crippen molar-refractivity contribution in [3.8, 4) is 0 Å². The summed E-state index contributed by atoms with van der Waals surface area (Å²) in [4.78, 5) is 1.32. The van der Waals surface area contributed by atoms with Gasteiger partial charge in [-0.25, -0.2) is 0 Å². The Labute approximate surface area is 85.1 Å². The van der Waals surface area contributed by atoms with E-state index in [1.165, 1.54) is 10.5 Å². The molecule has 1 unspecified atom stereocenters. The quantitative estimate of drug-likeness (QED) is 0.514. The van der Waals surface area contributed by atoms with E-state index in [0.29, 0.717) is 0 Å². The van der Waals surface area contributed by atoms with Crippen LogP contribution in [0, 0.1) is 6.92 Å². The molecule has 0 aromatic heterocycles. The number of hydrogen-bond donors (Lipinski definition) is 0. The molecular formula is C12H15S. The second kappa shape index (κ2) is 5.13. The van der Waals surface area contributed by atoms with Crippen LogP contribution >= 0.6 is 11.8 Å². The molecule has 0 bridgehead atoms. The van der Waals surface area contributed by atoms with Crippen LogP contribution in [0.1, 0.15) is 18.4 Å². The van der Waals surface area contributed by atoms with Crippen LogP contribution in [-0.2, 0) is 0 Å². The Hall–Kier alpha value is -0.690. The summed E-state index contributed by atoms with van der Waals surface area (Å²) in [5.74, 6) is 1.32. The first-order chi connectivity index (χ1) is 6.27. The molecule has 0 spiro atoms. The fourth-order valence-electron chi connectivity index (χ4n) is 1.14. The predicted molar refractivity (Wildman–Crippen MR) is 61.1 cm³/mol. The molecule has 1 radical (unpaired) electrons. The fraction of sp³-hybridized carbons (Fsp3) is 0.250. The second-order valence-corrected chi connectivity index (χ2v) is 4.19. The molecule has 0 aliphatic carbocycles. The predicted octanol–water partition coefficient (Wildman–Crippen LogP) is 3.90. The van der Waals surface area contributed by atoms with E-state index in [0.717, 1.165) is 5.75 Å². The zero-order valence-corrected chi connectivity index (χ0v) is 8.81. The minimum Gasteiger partial charge on any atom is -0.126 e. The Morgan fingerprint density at radius 3 is 2.92 bits per heavy atom. The average molecular weight is 191 g/mol. The summed E-state index contributed by atoms with van der Waals surface area (Å²) < 4.78 is 0. The molecule has 1 aromatic rings. The average Bonchev–Trinajstić information content (AvgIpc) is 2.18. The summed E-state index contributed by atoms with van der Waals surface area (Å²) in [6, 6.07) is 8.50. The Morgan fingerprint density at radius 1 is 1.54 bits per heavy atom. The summed E-state index contributed by atoms with van der Waals surface area (Å²) >= 11 is 1.86. The molecule has 0 saturated carbocycles. The summed E-state index contributed by atoms with van der Waals surface area (Å²) in [6.07, 6.45) is 1.87. The van der Waals surface area contributed by atoms with Crippen LogP contribution in [0.3, 0.4) is 0 Å². The molecule has 1 rings (SSSR count). The molecule has 0 aliphatic rings. The van der Waals surface area contributed by atoms with E-state index in [1.54, 1.807) is 0 Å². The minimum atomic E-state index is 0.206. The molecule has 0 heterocycles. The number of allylic oxidation sites excluding steroid dienone is 1. The molecule has 0 N–H and O–H groups in total. The molecular weight excluding hydrogens is 176 g/mol. The van der Waals surface area contributed by atoms with Crippen LogP contribution in [0.5, 0.6) is 0 Å². The van der Waals surface area contributed by atoms with Gasteiger partial charge in [0.25, 0.3) is 0 Å². The van der Waals surface area contributed by atoms with Crippen LogP contribution in [0.25, 0.3) is 0 Å². The van der Waals surface area contributed by atoms with Crippen molar-refractivity contribution in [2.45, 2.75) is 17.7 Å². The Bertz CT molecular complexity index is 278. The van der Waals surface area contributed by atoms with Gasteiger partial charge in [0.15, 0.2) is 0 Å². The van der Waals surface area contributed by atoms with Crippen LogP contribution < -0.4 is 0 Å². The highest BCUT2D eigenvalue weighted by atomic mass is 32.2. The standard InChI is InChI=1S/C12H15S/c1-4-10(3)11-7-6-8-12(9-11)13-5-2/h4,6-10H,1,3,5H2,2H3. The molecule has 69 valence electrons. The van der Waals surface area contributed by atoms with Gasteiger partial charge < -0.3 is 0 Å². The van der Waals surface area contributed by atoms with E-state index < -0.39 is 0 Å². The lowest BCUT2D eigenvalue weighted by Crippen LogP contribution is -1.88. The van der Waals surface area contributed by atoms with Gasteiger partial charge in [-0.1, -0.05) is 25.1 Å². The lowest BCUT2D eigenvalue weighted by Gasteiger charge is -2.07. The van der Waals surface area contributed by atoms with Crippen LogP contribution in [-0.4, -0.2) is 5.75 Å². The van der Waals surface area contributed by atoms with E-state index in [4.69, 9.17) is 0 Å². The summed E-state index contributed by atoms with van der Waals surface area (Å²) in [5.41, 5.74) is 1.24. The maximum atomic E-state index is 4.00. The van der Waals surface area contributed by atoms with Gasteiger partial charge in [0, 0.05) is 10.8 Å². The lowest BCUT2D eigenvalue weighted by molar-refractivity contribution is 1.07. The molecule has 13 heavy (non-hydrogen) atoms. The topological polar surface area (TPSA) is 0 Å². The number of hydrogen-bond acceptors (Lipinski definition) is 1. The highest BCUT2D eigenvalue weighted by Gasteiger charge is 2.01. The third-order valence-corrected chi connectivity index (χ3v) is 2.76. The molecule has 1 aromatic carbocycles. The van der Waals surface area contributed by atoms with Crippen molar-refractivity contribution < 1.29 is 0 Å². The minimum absolute atomic E-state index is 0.206. The highest BCUT2D eigenvalue weighted by Crippen LogP contribution is 2.23. The highest BCUT2D eigenvalue weighted by molar-refractivity contribution is 7.99. The van der Waals surface area contributed by atoms with Crippen molar-refractivity contribution >= 4 is 11.8 Å². The summed E-state index contributed by atoms with van der Waals surface area (Å²) in [7, 11) is 0. The monoisotopic (exact) mass is 191 g/mol. The van der Waals surface area contributed by atoms with Crippen molar-refractivity contribution in [1.82, 2.24) is 0 Å². The normalized spacial score (nSPS) is 12.5. The third kappa shape index (κ3) is 2.92. The van der Waals surface area contributed by atoms with Crippen molar-refractivity contribution in [2.24, 2.45) is 0 Å². The summed E-state index contributed by atoms with van der Waals surface area (Å²) in [6.45, 7) is 9.90. The van der Waals surface area contributed by atoms with Crippen LogP contribution in [0.15, 0.2) is 41.8 Å². The van der Waals surface area contributed by atoms with E-state index in [9.17, 15) is 0 Å². The number of benzene rings is 1. The van der Waals surface area contributed by atoms with Crippen molar-refractivity contribution in [3.63, 3.8) is 0 Å². The Kier molecular flexibility index (Phi) is 4.10. The lowest BCUT2D eigenvalue weighted by atomic mass is 10.0. The molecule has 0 aliphatic heterocycles. The Balaban J connectivity index is 2.84. The van der Waals surface area contributed by atoms with Gasteiger partial charge in [0.2, 0.25) is 0 Å². The van der Waals surface area contributed by atoms with Gasteiger partial charge >= 0.3 is 0 Å². The van der Waals surface area contributed by atoms with Gasteiger partial charge in [-0.2, -0.15) is 0 Å². The molecule has 1 heteroatoms. The van der Waals surface area contributed by atoms with Gasteiger partial charge in [0.05, 0.1) is 0 Å². The van der Waals surface area contributed by atoms with Gasteiger partial charge in [-0.3, -0.25) is 0 Å². The number of rotatable bonds is 4. The maximum absolute atomic E-state index is 4.00. The number of thioether (sulfide) groups is 1. The van der Waals surface area contributed by atoms with E-state index >= 15 is 0 Å². The van der Waals surface area contributed by atoms with Crippen molar-refractivity contribution in [3.05, 3.63) is 49.4 Å². The molecule has 0 fully saturated rings. The molecule has 1 atom stereocenters. The van der Waals surface area contributed by atoms with Crippen LogP contribution in [0.4, 0.5) is 0 Å². The molecule has 0 nitrogen and oxygen atoms in total. The Morgan fingerprint density at radius 2 is 2.31 bits per heavy atom. The third-order valence-electron chi connectivity index (χ3n) is 1.88.